The van der Waals surface area contributed by atoms with Crippen molar-refractivity contribution < 1.29 is 14.3 Å². The Balaban J connectivity index is 2.07. The van der Waals surface area contributed by atoms with Gasteiger partial charge >= 0.3 is 5.97 Å². The SMILES string of the molecule is CCOC(=O)c1csc(NC(=O)c2cc(CC)c(C)s2)n1. The molecule has 0 unspecified atom stereocenters. The highest BCUT2D eigenvalue weighted by molar-refractivity contribution is 7.15. The van der Waals surface area contributed by atoms with E-state index in [4.69, 9.17) is 4.74 Å². The number of rotatable bonds is 5. The van der Waals surface area contributed by atoms with Gasteiger partial charge in [0.1, 0.15) is 0 Å². The van der Waals surface area contributed by atoms with E-state index in [0.717, 1.165) is 11.3 Å². The zero-order valence-corrected chi connectivity index (χ0v) is 13.7. The zero-order valence-electron chi connectivity index (χ0n) is 12.1. The number of carbonyl (C=O) groups excluding carboxylic acids is 2. The Bertz CT molecular complexity index is 661. The Hall–Kier alpha value is -1.73. The number of carbonyl (C=O) groups is 2. The Morgan fingerprint density at radius 1 is 1.38 bits per heavy atom. The Kier molecular flexibility index (Phi) is 5.08. The van der Waals surface area contributed by atoms with E-state index in [2.05, 4.69) is 17.2 Å². The van der Waals surface area contributed by atoms with Crippen molar-refractivity contribution in [1.29, 1.82) is 0 Å². The molecule has 0 saturated carbocycles. The molecule has 0 aromatic carbocycles. The predicted octanol–water partition coefficient (Wildman–Crippen LogP) is 3.50. The van der Waals surface area contributed by atoms with Gasteiger partial charge in [-0.15, -0.1) is 22.7 Å². The molecule has 0 saturated heterocycles. The van der Waals surface area contributed by atoms with Crippen LogP contribution in [0, 0.1) is 6.92 Å². The average Bonchev–Trinajstić information content (AvgIpc) is 3.05. The van der Waals surface area contributed by atoms with E-state index in [1.54, 1.807) is 12.3 Å². The maximum Gasteiger partial charge on any atom is 0.357 e. The van der Waals surface area contributed by atoms with E-state index in [0.29, 0.717) is 16.6 Å². The maximum absolute atomic E-state index is 12.2. The monoisotopic (exact) mass is 324 g/mol. The van der Waals surface area contributed by atoms with Gasteiger partial charge in [0.05, 0.1) is 11.5 Å². The smallest absolute Gasteiger partial charge is 0.357 e. The number of aryl methyl sites for hydroxylation is 2. The van der Waals surface area contributed by atoms with Gasteiger partial charge in [-0.05, 0) is 31.9 Å². The summed E-state index contributed by atoms with van der Waals surface area (Å²) in [6.07, 6.45) is 0.903. The van der Waals surface area contributed by atoms with Crippen LogP contribution in [0.4, 0.5) is 5.13 Å². The van der Waals surface area contributed by atoms with Crippen LogP contribution in [0.3, 0.4) is 0 Å². The molecular weight excluding hydrogens is 308 g/mol. The topological polar surface area (TPSA) is 68.3 Å². The molecule has 0 fully saturated rings. The van der Waals surface area contributed by atoms with Crippen LogP contribution in [0.1, 0.15) is 44.4 Å². The third-order valence-electron chi connectivity index (χ3n) is 2.83. The minimum atomic E-state index is -0.477. The van der Waals surface area contributed by atoms with E-state index in [9.17, 15) is 9.59 Å². The highest BCUT2D eigenvalue weighted by Crippen LogP contribution is 2.24. The number of amides is 1. The van der Waals surface area contributed by atoms with E-state index in [-0.39, 0.29) is 11.6 Å². The molecule has 2 heterocycles. The van der Waals surface area contributed by atoms with Gasteiger partial charge in [-0.2, -0.15) is 0 Å². The molecule has 5 nitrogen and oxygen atoms in total. The van der Waals surface area contributed by atoms with Crippen molar-refractivity contribution in [1.82, 2.24) is 4.98 Å². The fourth-order valence-electron chi connectivity index (χ4n) is 1.77. The molecule has 0 spiro atoms. The number of nitrogens with one attached hydrogen (secondary N) is 1. The van der Waals surface area contributed by atoms with Crippen molar-refractivity contribution in [2.75, 3.05) is 11.9 Å². The van der Waals surface area contributed by atoms with Gasteiger partial charge in [-0.3, -0.25) is 10.1 Å². The summed E-state index contributed by atoms with van der Waals surface area (Å²) in [5.74, 6) is -0.679. The first-order valence-corrected chi connectivity index (χ1v) is 8.28. The fourth-order valence-corrected chi connectivity index (χ4v) is 3.46. The summed E-state index contributed by atoms with van der Waals surface area (Å²) in [6, 6.07) is 1.90. The lowest BCUT2D eigenvalue weighted by atomic mass is 10.2. The fraction of sp³-hybridized carbons (Fsp3) is 0.357. The molecule has 2 aromatic heterocycles. The minimum Gasteiger partial charge on any atom is -0.461 e. The largest absolute Gasteiger partial charge is 0.461 e. The Morgan fingerprint density at radius 2 is 2.14 bits per heavy atom. The number of thiophene rings is 1. The van der Waals surface area contributed by atoms with Gasteiger partial charge in [0, 0.05) is 10.3 Å². The first-order chi connectivity index (χ1) is 10.0. The maximum atomic E-state index is 12.2. The number of anilines is 1. The van der Waals surface area contributed by atoms with Crippen LogP contribution in [-0.2, 0) is 11.2 Å². The first kappa shape index (κ1) is 15.7. The van der Waals surface area contributed by atoms with Crippen LogP contribution in [0.5, 0.6) is 0 Å². The molecule has 0 aliphatic heterocycles. The van der Waals surface area contributed by atoms with E-state index >= 15 is 0 Å². The summed E-state index contributed by atoms with van der Waals surface area (Å²) >= 11 is 2.66. The van der Waals surface area contributed by atoms with Gasteiger partial charge < -0.3 is 4.74 Å². The van der Waals surface area contributed by atoms with E-state index in [1.165, 1.54) is 28.2 Å². The Labute approximate surface area is 131 Å². The number of esters is 1. The van der Waals surface area contributed by atoms with Crippen molar-refractivity contribution >= 4 is 39.7 Å². The van der Waals surface area contributed by atoms with Crippen LogP contribution < -0.4 is 5.32 Å². The second-order valence-electron chi connectivity index (χ2n) is 4.26. The number of ether oxygens (including phenoxy) is 1. The Morgan fingerprint density at radius 3 is 2.76 bits per heavy atom. The van der Waals surface area contributed by atoms with Gasteiger partial charge in [-0.1, -0.05) is 6.92 Å². The molecule has 7 heteroatoms. The molecule has 0 atom stereocenters. The molecule has 0 bridgehead atoms. The summed E-state index contributed by atoms with van der Waals surface area (Å²) in [5, 5.41) is 4.68. The summed E-state index contributed by atoms with van der Waals surface area (Å²) in [5.41, 5.74) is 1.39. The van der Waals surface area contributed by atoms with Crippen LogP contribution in [-0.4, -0.2) is 23.5 Å². The third-order valence-corrected chi connectivity index (χ3v) is 4.68. The summed E-state index contributed by atoms with van der Waals surface area (Å²) in [7, 11) is 0. The summed E-state index contributed by atoms with van der Waals surface area (Å²) in [4.78, 5) is 29.5. The van der Waals surface area contributed by atoms with Crippen LogP contribution in [0.25, 0.3) is 0 Å². The molecule has 2 aromatic rings. The molecule has 0 aliphatic carbocycles. The van der Waals surface area contributed by atoms with Gasteiger partial charge in [0.2, 0.25) is 0 Å². The molecule has 1 N–H and O–H groups in total. The van der Waals surface area contributed by atoms with Gasteiger partial charge in [0.25, 0.3) is 5.91 Å². The molecule has 1 amide bonds. The van der Waals surface area contributed by atoms with Gasteiger partial charge in [-0.25, -0.2) is 9.78 Å². The molecule has 21 heavy (non-hydrogen) atoms. The quantitative estimate of drug-likeness (QED) is 0.855. The van der Waals surface area contributed by atoms with Crippen LogP contribution in [0.2, 0.25) is 0 Å². The normalized spacial score (nSPS) is 10.4. The average molecular weight is 324 g/mol. The van der Waals surface area contributed by atoms with Crippen LogP contribution in [0.15, 0.2) is 11.4 Å². The number of hydrogen-bond acceptors (Lipinski definition) is 6. The lowest BCUT2D eigenvalue weighted by Gasteiger charge is -1.98. The second kappa shape index (κ2) is 6.82. The highest BCUT2D eigenvalue weighted by Gasteiger charge is 2.16. The minimum absolute atomic E-state index is 0.201. The summed E-state index contributed by atoms with van der Waals surface area (Å²) < 4.78 is 4.86. The van der Waals surface area contributed by atoms with Crippen molar-refractivity contribution in [3.05, 3.63) is 32.5 Å². The second-order valence-corrected chi connectivity index (χ2v) is 6.37. The molecule has 0 radical (unpaired) electrons. The van der Waals surface area contributed by atoms with Crippen molar-refractivity contribution in [3.8, 4) is 0 Å². The van der Waals surface area contributed by atoms with Crippen molar-refractivity contribution in [2.24, 2.45) is 0 Å². The standard InChI is InChI=1S/C14H16N2O3S2/c1-4-9-6-11(21-8(9)3)12(17)16-14-15-10(7-20-14)13(18)19-5-2/h6-7H,4-5H2,1-3H3,(H,15,16,17). The zero-order chi connectivity index (χ0) is 15.4. The highest BCUT2D eigenvalue weighted by atomic mass is 32.1. The first-order valence-electron chi connectivity index (χ1n) is 6.58. The number of nitrogens with zero attached hydrogens (tertiary/aromatic N) is 1. The molecule has 2 rings (SSSR count). The van der Waals surface area contributed by atoms with Crippen LogP contribution >= 0.6 is 22.7 Å². The van der Waals surface area contributed by atoms with E-state index in [1.807, 2.05) is 13.0 Å². The predicted molar refractivity (Wildman–Crippen MR) is 84.5 cm³/mol. The number of thiazole rings is 1. The van der Waals surface area contributed by atoms with Crippen molar-refractivity contribution in [2.45, 2.75) is 27.2 Å². The number of hydrogen-bond donors (Lipinski definition) is 1. The molecular formula is C14H16N2O3S2. The van der Waals surface area contributed by atoms with E-state index < -0.39 is 5.97 Å². The molecule has 0 aliphatic rings. The molecule has 112 valence electrons. The number of aromatic nitrogens is 1. The third kappa shape index (κ3) is 3.68. The lowest BCUT2D eigenvalue weighted by molar-refractivity contribution is 0.0520. The summed E-state index contributed by atoms with van der Waals surface area (Å²) in [6.45, 7) is 6.09. The lowest BCUT2D eigenvalue weighted by Crippen LogP contribution is -2.11. The van der Waals surface area contributed by atoms with Gasteiger partial charge in [0.15, 0.2) is 10.8 Å². The van der Waals surface area contributed by atoms with Crippen molar-refractivity contribution in [3.63, 3.8) is 0 Å².